The van der Waals surface area contributed by atoms with E-state index in [1.807, 2.05) is 31.2 Å². The summed E-state index contributed by atoms with van der Waals surface area (Å²) in [6, 6.07) is 12.8. The molecule has 2 aromatic carbocycles. The van der Waals surface area contributed by atoms with E-state index in [-0.39, 0.29) is 24.6 Å². The highest BCUT2D eigenvalue weighted by molar-refractivity contribution is 6.08. The summed E-state index contributed by atoms with van der Waals surface area (Å²) in [7, 11) is 0. The van der Waals surface area contributed by atoms with Crippen molar-refractivity contribution in [2.24, 2.45) is 5.73 Å². The number of para-hydroxylation sites is 1. The van der Waals surface area contributed by atoms with E-state index in [0.29, 0.717) is 36.6 Å². The van der Waals surface area contributed by atoms with Crippen molar-refractivity contribution in [3.63, 3.8) is 0 Å². The van der Waals surface area contributed by atoms with E-state index in [4.69, 9.17) is 15.2 Å². The number of hydrogen-bond donors (Lipinski definition) is 1. The van der Waals surface area contributed by atoms with E-state index in [1.54, 1.807) is 30.0 Å². The zero-order chi connectivity index (χ0) is 20.5. The van der Waals surface area contributed by atoms with Crippen LogP contribution in [-0.2, 0) is 4.74 Å². The lowest BCUT2D eigenvalue weighted by atomic mass is 9.91. The van der Waals surface area contributed by atoms with Gasteiger partial charge in [-0.25, -0.2) is 4.79 Å². The summed E-state index contributed by atoms with van der Waals surface area (Å²) < 4.78 is 10.8. The molecule has 2 aliphatic heterocycles. The molecule has 0 fully saturated rings. The van der Waals surface area contributed by atoms with Gasteiger partial charge in [0.05, 0.1) is 18.8 Å². The van der Waals surface area contributed by atoms with Crippen molar-refractivity contribution in [1.82, 2.24) is 0 Å². The molecule has 7 heteroatoms. The van der Waals surface area contributed by atoms with Gasteiger partial charge in [0.25, 0.3) is 5.91 Å². The Labute approximate surface area is 170 Å². The predicted molar refractivity (Wildman–Crippen MR) is 111 cm³/mol. The SMILES string of the molecule is CCOC(=O)N1CCOc2ccc(C(=O)N3c4ccccc4C(N)CC3C)cc21. The standard InChI is InChI=1S/C22H25N3O4/c1-3-28-22(27)24-10-11-29-20-9-8-15(13-19(20)24)21(26)25-14(2)12-17(23)16-6-4-5-7-18(16)25/h4-9,13-14,17H,3,10-12,23H2,1-2H3. The molecular formula is C22H25N3O4. The minimum atomic E-state index is -0.440. The molecule has 0 aliphatic carbocycles. The van der Waals surface area contributed by atoms with Gasteiger partial charge in [-0.05, 0) is 50.1 Å². The number of rotatable bonds is 2. The summed E-state index contributed by atoms with van der Waals surface area (Å²) in [5, 5.41) is 0. The van der Waals surface area contributed by atoms with Crippen LogP contribution in [0.4, 0.5) is 16.2 Å². The van der Waals surface area contributed by atoms with Gasteiger partial charge in [0, 0.05) is 23.3 Å². The Morgan fingerprint density at radius 2 is 2.00 bits per heavy atom. The number of hydrogen-bond acceptors (Lipinski definition) is 5. The Morgan fingerprint density at radius 1 is 1.21 bits per heavy atom. The smallest absolute Gasteiger partial charge is 0.414 e. The number of nitrogens with zero attached hydrogens (tertiary/aromatic N) is 2. The van der Waals surface area contributed by atoms with Gasteiger partial charge in [-0.3, -0.25) is 9.69 Å². The molecule has 0 bridgehead atoms. The molecule has 0 saturated carbocycles. The molecule has 2 amide bonds. The lowest BCUT2D eigenvalue weighted by molar-refractivity contribution is 0.0973. The van der Waals surface area contributed by atoms with Gasteiger partial charge in [0.1, 0.15) is 12.4 Å². The number of nitrogens with two attached hydrogens (primary N) is 1. The van der Waals surface area contributed by atoms with Crippen LogP contribution in [0.15, 0.2) is 42.5 Å². The van der Waals surface area contributed by atoms with Gasteiger partial charge in [0.2, 0.25) is 0 Å². The molecule has 2 unspecified atom stereocenters. The monoisotopic (exact) mass is 395 g/mol. The number of fused-ring (bicyclic) bond motifs is 2. The lowest BCUT2D eigenvalue weighted by Gasteiger charge is -2.38. The molecule has 0 radical (unpaired) electrons. The first kappa shape index (κ1) is 19.3. The predicted octanol–water partition coefficient (Wildman–Crippen LogP) is 3.48. The molecule has 7 nitrogen and oxygen atoms in total. The normalized spacial score (nSPS) is 20.4. The summed E-state index contributed by atoms with van der Waals surface area (Å²) in [5.41, 5.74) is 9.13. The van der Waals surface area contributed by atoms with Crippen molar-refractivity contribution in [2.45, 2.75) is 32.4 Å². The van der Waals surface area contributed by atoms with Gasteiger partial charge >= 0.3 is 6.09 Å². The fraction of sp³-hybridized carbons (Fsp3) is 0.364. The van der Waals surface area contributed by atoms with Crippen LogP contribution >= 0.6 is 0 Å². The molecule has 0 spiro atoms. The second-order valence-corrected chi connectivity index (χ2v) is 7.31. The molecule has 29 heavy (non-hydrogen) atoms. The van der Waals surface area contributed by atoms with Crippen LogP contribution < -0.4 is 20.3 Å². The average Bonchev–Trinajstić information content (AvgIpc) is 2.73. The van der Waals surface area contributed by atoms with E-state index < -0.39 is 6.09 Å². The van der Waals surface area contributed by atoms with Crippen LogP contribution in [0.5, 0.6) is 5.75 Å². The highest BCUT2D eigenvalue weighted by Crippen LogP contribution is 2.38. The van der Waals surface area contributed by atoms with E-state index >= 15 is 0 Å². The highest BCUT2D eigenvalue weighted by atomic mass is 16.6. The number of anilines is 2. The second kappa shape index (κ2) is 7.75. The topological polar surface area (TPSA) is 85.1 Å². The van der Waals surface area contributed by atoms with Crippen LogP contribution in [0.1, 0.15) is 42.2 Å². The molecule has 2 N–H and O–H groups in total. The third-order valence-corrected chi connectivity index (χ3v) is 5.41. The van der Waals surface area contributed by atoms with Gasteiger partial charge in [-0.15, -0.1) is 0 Å². The summed E-state index contributed by atoms with van der Waals surface area (Å²) >= 11 is 0. The second-order valence-electron chi connectivity index (χ2n) is 7.31. The number of amides is 2. The van der Waals surface area contributed by atoms with Crippen molar-refractivity contribution >= 4 is 23.4 Å². The van der Waals surface area contributed by atoms with Gasteiger partial charge in [-0.2, -0.15) is 0 Å². The van der Waals surface area contributed by atoms with E-state index in [0.717, 1.165) is 11.3 Å². The van der Waals surface area contributed by atoms with Gasteiger partial charge in [-0.1, -0.05) is 18.2 Å². The lowest BCUT2D eigenvalue weighted by Crippen LogP contribution is -2.44. The highest BCUT2D eigenvalue weighted by Gasteiger charge is 2.33. The fourth-order valence-corrected chi connectivity index (χ4v) is 4.05. The van der Waals surface area contributed by atoms with E-state index in [1.165, 1.54) is 4.90 Å². The molecule has 152 valence electrons. The van der Waals surface area contributed by atoms with Crippen molar-refractivity contribution in [3.8, 4) is 5.75 Å². The molecule has 4 rings (SSSR count). The molecule has 2 aliphatic rings. The zero-order valence-corrected chi connectivity index (χ0v) is 16.6. The maximum atomic E-state index is 13.5. The van der Waals surface area contributed by atoms with Crippen LogP contribution in [0, 0.1) is 0 Å². The zero-order valence-electron chi connectivity index (χ0n) is 16.6. The molecule has 0 aromatic heterocycles. The third-order valence-electron chi connectivity index (χ3n) is 5.41. The largest absolute Gasteiger partial charge is 0.490 e. The fourth-order valence-electron chi connectivity index (χ4n) is 4.05. The maximum absolute atomic E-state index is 13.5. The van der Waals surface area contributed by atoms with Gasteiger partial charge in [0.15, 0.2) is 0 Å². The quantitative estimate of drug-likeness (QED) is 0.841. The summed E-state index contributed by atoms with van der Waals surface area (Å²) in [5.74, 6) is 0.434. The van der Waals surface area contributed by atoms with Crippen molar-refractivity contribution in [2.75, 3.05) is 29.6 Å². The van der Waals surface area contributed by atoms with Crippen LogP contribution in [0.2, 0.25) is 0 Å². The van der Waals surface area contributed by atoms with E-state index in [2.05, 4.69) is 0 Å². The molecule has 2 heterocycles. The van der Waals surface area contributed by atoms with Gasteiger partial charge < -0.3 is 20.1 Å². The Hall–Kier alpha value is -3.06. The molecule has 2 atom stereocenters. The first-order valence-corrected chi connectivity index (χ1v) is 9.90. The summed E-state index contributed by atoms with van der Waals surface area (Å²) in [4.78, 5) is 29.1. The maximum Gasteiger partial charge on any atom is 0.414 e. The first-order valence-electron chi connectivity index (χ1n) is 9.90. The first-order chi connectivity index (χ1) is 14.0. The third kappa shape index (κ3) is 3.42. The summed E-state index contributed by atoms with van der Waals surface area (Å²) in [6.45, 7) is 4.81. The average molecular weight is 395 g/mol. The minimum Gasteiger partial charge on any atom is -0.490 e. The van der Waals surface area contributed by atoms with Crippen LogP contribution in [0.3, 0.4) is 0 Å². The Balaban J connectivity index is 1.71. The molecule has 0 saturated heterocycles. The Kier molecular flexibility index (Phi) is 5.15. The van der Waals surface area contributed by atoms with E-state index in [9.17, 15) is 9.59 Å². The molecule has 2 aromatic rings. The Morgan fingerprint density at radius 3 is 2.79 bits per heavy atom. The van der Waals surface area contributed by atoms with Crippen molar-refractivity contribution in [1.29, 1.82) is 0 Å². The Bertz CT molecular complexity index is 945. The van der Waals surface area contributed by atoms with Crippen molar-refractivity contribution < 1.29 is 19.1 Å². The number of benzene rings is 2. The minimum absolute atomic E-state index is 0.0409. The van der Waals surface area contributed by atoms with Crippen LogP contribution in [0.25, 0.3) is 0 Å². The number of ether oxygens (including phenoxy) is 2. The van der Waals surface area contributed by atoms with Crippen molar-refractivity contribution in [3.05, 3.63) is 53.6 Å². The number of carbonyl (C=O) groups is 2. The van der Waals surface area contributed by atoms with Crippen LogP contribution in [-0.4, -0.2) is 37.8 Å². The molecular weight excluding hydrogens is 370 g/mol. The summed E-state index contributed by atoms with van der Waals surface area (Å²) in [6.07, 6.45) is 0.246. The number of carbonyl (C=O) groups excluding carboxylic acids is 2.